The van der Waals surface area contributed by atoms with E-state index in [4.69, 9.17) is 16.7 Å². The predicted molar refractivity (Wildman–Crippen MR) is 73.7 cm³/mol. The molecule has 0 heterocycles. The predicted octanol–water partition coefficient (Wildman–Crippen LogP) is 2.90. The third-order valence-electron chi connectivity index (χ3n) is 3.04. The number of benzene rings is 1. The second-order valence-corrected chi connectivity index (χ2v) is 4.97. The second-order valence-electron chi connectivity index (χ2n) is 4.44. The lowest BCUT2D eigenvalue weighted by molar-refractivity contribution is 0.202. The average Bonchev–Trinajstić information content (AvgIpc) is 2.28. The Morgan fingerprint density at radius 2 is 2.06 bits per heavy atom. The summed E-state index contributed by atoms with van der Waals surface area (Å²) in [6.45, 7) is 8.83. The van der Waals surface area contributed by atoms with Crippen LogP contribution in [-0.4, -0.2) is 36.2 Å². The zero-order valence-corrected chi connectivity index (χ0v) is 11.7. The van der Waals surface area contributed by atoms with E-state index in [1.54, 1.807) is 0 Å². The Balaban J connectivity index is 2.71. The molecule has 17 heavy (non-hydrogen) atoms. The van der Waals surface area contributed by atoms with E-state index < -0.39 is 0 Å². The Bertz CT molecular complexity index is 354. The molecule has 0 fully saturated rings. The van der Waals surface area contributed by atoms with E-state index in [-0.39, 0.29) is 12.0 Å². The highest BCUT2D eigenvalue weighted by Crippen LogP contribution is 2.25. The first kappa shape index (κ1) is 14.5. The highest BCUT2D eigenvalue weighted by molar-refractivity contribution is 6.21. The van der Waals surface area contributed by atoms with Gasteiger partial charge in [-0.15, -0.1) is 11.6 Å². The van der Waals surface area contributed by atoms with Crippen LogP contribution in [0.5, 0.6) is 0 Å². The van der Waals surface area contributed by atoms with Crippen LogP contribution >= 0.6 is 11.6 Å². The molecule has 0 aromatic heterocycles. The molecular weight excluding hydrogens is 234 g/mol. The van der Waals surface area contributed by atoms with Crippen molar-refractivity contribution in [3.05, 3.63) is 34.9 Å². The van der Waals surface area contributed by atoms with Gasteiger partial charge in [-0.2, -0.15) is 0 Å². The molecule has 1 aromatic carbocycles. The fraction of sp³-hybridized carbons (Fsp3) is 0.571. The molecule has 0 aliphatic heterocycles. The highest BCUT2D eigenvalue weighted by Gasteiger charge is 2.14. The molecule has 0 radical (unpaired) electrons. The summed E-state index contributed by atoms with van der Waals surface area (Å²) in [4.78, 5) is 2.16. The van der Waals surface area contributed by atoms with Crippen LogP contribution in [0.25, 0.3) is 0 Å². The van der Waals surface area contributed by atoms with E-state index in [2.05, 4.69) is 43.9 Å². The number of alkyl halides is 1. The van der Waals surface area contributed by atoms with Crippen LogP contribution in [-0.2, 0) is 0 Å². The quantitative estimate of drug-likeness (QED) is 0.791. The number of halogens is 1. The average molecular weight is 256 g/mol. The van der Waals surface area contributed by atoms with Crippen LogP contribution in [0.15, 0.2) is 18.2 Å². The second kappa shape index (κ2) is 7.00. The van der Waals surface area contributed by atoms with Gasteiger partial charge in [0.05, 0.1) is 12.0 Å². The van der Waals surface area contributed by atoms with E-state index in [9.17, 15) is 0 Å². The smallest absolute Gasteiger partial charge is 0.0714 e. The number of hydrogen-bond acceptors (Lipinski definition) is 2. The number of nitrogens with zero attached hydrogens (tertiary/aromatic N) is 1. The maximum absolute atomic E-state index is 8.96. The monoisotopic (exact) mass is 255 g/mol. The fourth-order valence-corrected chi connectivity index (χ4v) is 2.46. The van der Waals surface area contributed by atoms with Gasteiger partial charge in [-0.05, 0) is 31.5 Å². The number of aryl methyl sites for hydroxylation is 2. The summed E-state index contributed by atoms with van der Waals surface area (Å²) in [5.41, 5.74) is 3.69. The molecule has 2 nitrogen and oxygen atoms in total. The molecule has 3 heteroatoms. The normalized spacial score (nSPS) is 13.1. The van der Waals surface area contributed by atoms with Gasteiger partial charge in [0.15, 0.2) is 0 Å². The lowest BCUT2D eigenvalue weighted by Gasteiger charge is -2.23. The molecule has 0 aliphatic rings. The Morgan fingerprint density at radius 1 is 1.35 bits per heavy atom. The summed E-state index contributed by atoms with van der Waals surface area (Å²) in [5, 5.41) is 8.95. The molecule has 1 N–H and O–H groups in total. The summed E-state index contributed by atoms with van der Waals surface area (Å²) in [6.07, 6.45) is 0. The molecular formula is C14H22ClNO. The number of aliphatic hydroxyl groups excluding tert-OH is 1. The van der Waals surface area contributed by atoms with Crippen LogP contribution in [0.3, 0.4) is 0 Å². The summed E-state index contributed by atoms with van der Waals surface area (Å²) in [7, 11) is 0. The lowest BCUT2D eigenvalue weighted by atomic mass is 10.0. The first-order valence-electron chi connectivity index (χ1n) is 6.13. The van der Waals surface area contributed by atoms with Crippen molar-refractivity contribution in [1.29, 1.82) is 0 Å². The summed E-state index contributed by atoms with van der Waals surface area (Å²) >= 11 is 6.45. The molecule has 0 aliphatic carbocycles. The molecule has 96 valence electrons. The van der Waals surface area contributed by atoms with E-state index in [1.807, 2.05) is 0 Å². The molecule has 0 amide bonds. The number of rotatable bonds is 6. The van der Waals surface area contributed by atoms with Crippen molar-refractivity contribution >= 4 is 11.6 Å². The highest BCUT2D eigenvalue weighted by atomic mass is 35.5. The molecule has 1 atom stereocenters. The lowest BCUT2D eigenvalue weighted by Crippen LogP contribution is -2.30. The minimum atomic E-state index is -0.0119. The van der Waals surface area contributed by atoms with Crippen molar-refractivity contribution in [1.82, 2.24) is 4.90 Å². The standard InChI is InChI=1S/C14H22ClNO/c1-4-16(7-8-17)10-14(15)13-6-5-11(2)9-12(13)3/h5-6,9,14,17H,4,7-8,10H2,1-3H3. The molecule has 0 bridgehead atoms. The zero-order valence-electron chi connectivity index (χ0n) is 10.9. The van der Waals surface area contributed by atoms with Crippen LogP contribution in [0.4, 0.5) is 0 Å². The van der Waals surface area contributed by atoms with E-state index in [1.165, 1.54) is 16.7 Å². The van der Waals surface area contributed by atoms with E-state index in [0.29, 0.717) is 6.54 Å². The minimum absolute atomic E-state index is 0.0119. The molecule has 1 rings (SSSR count). The van der Waals surface area contributed by atoms with Crippen molar-refractivity contribution in [3.63, 3.8) is 0 Å². The van der Waals surface area contributed by atoms with Crippen molar-refractivity contribution < 1.29 is 5.11 Å². The first-order chi connectivity index (χ1) is 8.08. The van der Waals surface area contributed by atoms with Gasteiger partial charge in [-0.3, -0.25) is 4.90 Å². The summed E-state index contributed by atoms with van der Waals surface area (Å²) < 4.78 is 0. The van der Waals surface area contributed by atoms with Crippen molar-refractivity contribution in [2.45, 2.75) is 26.1 Å². The van der Waals surface area contributed by atoms with Crippen LogP contribution in [0.1, 0.15) is 29.0 Å². The first-order valence-corrected chi connectivity index (χ1v) is 6.56. The van der Waals surface area contributed by atoms with Crippen LogP contribution in [0.2, 0.25) is 0 Å². The van der Waals surface area contributed by atoms with Gasteiger partial charge < -0.3 is 5.11 Å². The van der Waals surface area contributed by atoms with Gasteiger partial charge in [-0.25, -0.2) is 0 Å². The molecule has 1 unspecified atom stereocenters. The Kier molecular flexibility index (Phi) is 5.96. The fourth-order valence-electron chi connectivity index (χ4n) is 2.02. The van der Waals surface area contributed by atoms with Gasteiger partial charge in [0.25, 0.3) is 0 Å². The van der Waals surface area contributed by atoms with Gasteiger partial charge in [0.2, 0.25) is 0 Å². The Morgan fingerprint density at radius 3 is 2.59 bits per heavy atom. The molecule has 0 saturated heterocycles. The topological polar surface area (TPSA) is 23.5 Å². The third-order valence-corrected chi connectivity index (χ3v) is 3.42. The van der Waals surface area contributed by atoms with Crippen molar-refractivity contribution in [2.75, 3.05) is 26.2 Å². The molecule has 0 saturated carbocycles. The molecule has 0 spiro atoms. The van der Waals surface area contributed by atoms with Crippen LogP contribution < -0.4 is 0 Å². The SMILES string of the molecule is CCN(CCO)CC(Cl)c1ccc(C)cc1C. The zero-order chi connectivity index (χ0) is 12.8. The number of hydrogen-bond donors (Lipinski definition) is 1. The maximum Gasteiger partial charge on any atom is 0.0714 e. The van der Waals surface area contributed by atoms with E-state index >= 15 is 0 Å². The number of likely N-dealkylation sites (N-methyl/N-ethyl adjacent to an activating group) is 1. The molecule has 1 aromatic rings. The minimum Gasteiger partial charge on any atom is -0.395 e. The Hall–Kier alpha value is -0.570. The van der Waals surface area contributed by atoms with E-state index in [0.717, 1.165) is 13.1 Å². The largest absolute Gasteiger partial charge is 0.395 e. The number of aliphatic hydroxyl groups is 1. The summed E-state index contributed by atoms with van der Waals surface area (Å²) in [6, 6.07) is 6.36. The van der Waals surface area contributed by atoms with Gasteiger partial charge >= 0.3 is 0 Å². The third kappa shape index (κ3) is 4.30. The van der Waals surface area contributed by atoms with Crippen molar-refractivity contribution in [2.24, 2.45) is 0 Å². The van der Waals surface area contributed by atoms with Gasteiger partial charge in [0, 0.05) is 13.1 Å². The van der Waals surface area contributed by atoms with Crippen LogP contribution in [0, 0.1) is 13.8 Å². The van der Waals surface area contributed by atoms with Gasteiger partial charge in [0.1, 0.15) is 0 Å². The summed E-state index contributed by atoms with van der Waals surface area (Å²) in [5.74, 6) is 0. The Labute approximate surface area is 109 Å². The van der Waals surface area contributed by atoms with Crippen molar-refractivity contribution in [3.8, 4) is 0 Å². The van der Waals surface area contributed by atoms with Gasteiger partial charge in [-0.1, -0.05) is 30.7 Å². The maximum atomic E-state index is 8.96.